The topological polar surface area (TPSA) is 49.8 Å². The number of nitrogens with zero attached hydrogens (tertiary/aromatic N) is 1. The van der Waals surface area contributed by atoms with Gasteiger partial charge in [-0.15, -0.1) is 35.5 Å². The molecular weight excluding hydrogens is 450 g/mol. The van der Waals surface area contributed by atoms with Crippen molar-refractivity contribution in [2.75, 3.05) is 19.6 Å². The van der Waals surface area contributed by atoms with Crippen LogP contribution >= 0.6 is 35.5 Å². The highest BCUT2D eigenvalue weighted by Gasteiger charge is 2.30. The molecule has 0 radical (unpaired) electrons. The van der Waals surface area contributed by atoms with Crippen LogP contribution in [0.3, 0.4) is 0 Å². The van der Waals surface area contributed by atoms with Crippen molar-refractivity contribution in [1.82, 2.24) is 4.90 Å². The van der Waals surface area contributed by atoms with Crippen LogP contribution in [0.25, 0.3) is 5.57 Å². The number of hydrogen-bond acceptors (Lipinski definition) is 5. The summed E-state index contributed by atoms with van der Waals surface area (Å²) >= 11 is 3.18. The van der Waals surface area contributed by atoms with Crippen LogP contribution in [0.15, 0.2) is 40.1 Å². The van der Waals surface area contributed by atoms with Crippen molar-refractivity contribution in [3.8, 4) is 5.75 Å². The minimum Gasteiger partial charge on any atom is -0.488 e. The standard InChI is InChI=1S/C24H29NO3S2.ClH/c1-4-10-25-11-7-16(8-12-25)21-19-14-18(30-24(2,3)23(26)27)5-6-20(19)28-15-17-9-13-29-22(17)21;/h5-6,9,13-14H,4,7-8,10-12,15H2,1-3H3,(H,26,27);1H. The Kier molecular flexibility index (Phi) is 7.79. The van der Waals surface area contributed by atoms with Gasteiger partial charge in [0.2, 0.25) is 0 Å². The van der Waals surface area contributed by atoms with Gasteiger partial charge in [0.1, 0.15) is 17.1 Å². The highest BCUT2D eigenvalue weighted by Crippen LogP contribution is 2.45. The van der Waals surface area contributed by atoms with Crippen LogP contribution in [0, 0.1) is 0 Å². The minimum atomic E-state index is -0.882. The molecule has 1 fully saturated rings. The molecule has 0 amide bonds. The minimum absolute atomic E-state index is 0. The number of piperidine rings is 1. The van der Waals surface area contributed by atoms with Gasteiger partial charge in [0.25, 0.3) is 0 Å². The SMILES string of the molecule is CCCN1CCC(=C2c3cc(SC(C)(C)C(=O)O)ccc3OCc3ccsc32)CC1.Cl. The summed E-state index contributed by atoms with van der Waals surface area (Å²) < 4.78 is 5.30. The summed E-state index contributed by atoms with van der Waals surface area (Å²) in [7, 11) is 0. The Morgan fingerprint density at radius 3 is 2.68 bits per heavy atom. The monoisotopic (exact) mass is 479 g/mol. The Balaban J connectivity index is 0.00000272. The molecule has 2 aliphatic heterocycles. The van der Waals surface area contributed by atoms with Crippen LogP contribution in [-0.2, 0) is 11.4 Å². The molecule has 3 heterocycles. The first kappa shape index (κ1) is 24.2. The number of thiophene rings is 1. The number of ether oxygens (including phenoxy) is 1. The largest absolute Gasteiger partial charge is 0.488 e. The first-order chi connectivity index (χ1) is 14.4. The van der Waals surface area contributed by atoms with Gasteiger partial charge in [-0.25, -0.2) is 0 Å². The van der Waals surface area contributed by atoms with E-state index in [2.05, 4.69) is 29.3 Å². The molecule has 0 aliphatic carbocycles. The fraction of sp³-hybridized carbons (Fsp3) is 0.458. The lowest BCUT2D eigenvalue weighted by Crippen LogP contribution is -2.31. The average molecular weight is 480 g/mol. The summed E-state index contributed by atoms with van der Waals surface area (Å²) in [5.41, 5.74) is 5.17. The number of fused-ring (bicyclic) bond motifs is 2. The van der Waals surface area contributed by atoms with Gasteiger partial charge in [0.05, 0.1) is 0 Å². The second-order valence-corrected chi connectivity index (χ2v) is 11.1. The zero-order valence-electron chi connectivity index (χ0n) is 18.3. The highest BCUT2D eigenvalue weighted by atomic mass is 35.5. The number of benzene rings is 1. The molecule has 31 heavy (non-hydrogen) atoms. The van der Waals surface area contributed by atoms with E-state index < -0.39 is 10.7 Å². The van der Waals surface area contributed by atoms with Crippen LogP contribution in [0.1, 0.15) is 56.0 Å². The third-order valence-electron chi connectivity index (χ3n) is 5.82. The molecular formula is C24H30ClNO3S2. The first-order valence-electron chi connectivity index (χ1n) is 10.6. The molecule has 1 N–H and O–H groups in total. The summed E-state index contributed by atoms with van der Waals surface area (Å²) in [5, 5.41) is 11.7. The van der Waals surface area contributed by atoms with Crippen LogP contribution in [-0.4, -0.2) is 40.4 Å². The third-order valence-corrected chi connectivity index (χ3v) is 7.97. The van der Waals surface area contributed by atoms with Crippen molar-refractivity contribution in [2.45, 2.75) is 56.3 Å². The molecule has 2 aromatic rings. The van der Waals surface area contributed by atoms with Crippen molar-refractivity contribution in [3.05, 3.63) is 51.2 Å². The lowest BCUT2D eigenvalue weighted by molar-refractivity contribution is -0.138. The van der Waals surface area contributed by atoms with Gasteiger partial charge in [-0.2, -0.15) is 0 Å². The van der Waals surface area contributed by atoms with Gasteiger partial charge in [-0.05, 0) is 69.3 Å². The van der Waals surface area contributed by atoms with E-state index in [9.17, 15) is 9.90 Å². The fourth-order valence-electron chi connectivity index (χ4n) is 4.14. The van der Waals surface area contributed by atoms with Crippen LogP contribution in [0.2, 0.25) is 0 Å². The van der Waals surface area contributed by atoms with E-state index in [1.54, 1.807) is 25.2 Å². The van der Waals surface area contributed by atoms with Crippen molar-refractivity contribution >= 4 is 47.0 Å². The molecule has 1 aromatic heterocycles. The molecule has 0 spiro atoms. The quantitative estimate of drug-likeness (QED) is 0.508. The molecule has 2 aliphatic rings. The average Bonchev–Trinajstić information content (AvgIpc) is 3.11. The molecule has 1 aromatic carbocycles. The van der Waals surface area contributed by atoms with Crippen molar-refractivity contribution in [1.29, 1.82) is 0 Å². The van der Waals surface area contributed by atoms with Gasteiger partial charge in [0.15, 0.2) is 0 Å². The molecule has 4 nitrogen and oxygen atoms in total. The Morgan fingerprint density at radius 2 is 2.00 bits per heavy atom. The van der Waals surface area contributed by atoms with Gasteiger partial charge < -0.3 is 14.7 Å². The molecule has 0 atom stereocenters. The van der Waals surface area contributed by atoms with E-state index in [0.29, 0.717) is 6.61 Å². The number of halogens is 1. The summed E-state index contributed by atoms with van der Waals surface area (Å²) in [6, 6.07) is 8.31. The summed E-state index contributed by atoms with van der Waals surface area (Å²) in [6.45, 7) is 9.69. The molecule has 1 saturated heterocycles. The number of likely N-dealkylation sites (tertiary alicyclic amines) is 1. The lowest BCUT2D eigenvalue weighted by atomic mass is 9.91. The van der Waals surface area contributed by atoms with Gasteiger partial charge >= 0.3 is 5.97 Å². The van der Waals surface area contributed by atoms with Crippen LogP contribution in [0.4, 0.5) is 0 Å². The van der Waals surface area contributed by atoms with E-state index in [0.717, 1.165) is 48.7 Å². The van der Waals surface area contributed by atoms with Crippen molar-refractivity contribution < 1.29 is 14.6 Å². The summed E-state index contributed by atoms with van der Waals surface area (Å²) in [4.78, 5) is 16.5. The third kappa shape index (κ3) is 5.14. The number of carbonyl (C=O) groups is 1. The zero-order chi connectivity index (χ0) is 21.3. The Bertz CT molecular complexity index is 973. The number of carboxylic acids is 1. The maximum atomic E-state index is 11.6. The number of rotatable bonds is 5. The fourth-order valence-corrected chi connectivity index (χ4v) is 6.15. The molecule has 0 unspecified atom stereocenters. The number of thioether (sulfide) groups is 1. The van der Waals surface area contributed by atoms with E-state index in [1.807, 2.05) is 12.1 Å². The van der Waals surface area contributed by atoms with Crippen LogP contribution in [0.5, 0.6) is 5.75 Å². The number of carboxylic acid groups (broad SMARTS) is 1. The molecule has 7 heteroatoms. The zero-order valence-corrected chi connectivity index (χ0v) is 20.7. The van der Waals surface area contributed by atoms with Gasteiger partial charge in [0, 0.05) is 39.6 Å². The molecule has 4 rings (SSSR count). The second-order valence-electron chi connectivity index (χ2n) is 8.46. The van der Waals surface area contributed by atoms with E-state index in [1.165, 1.54) is 39.8 Å². The second kappa shape index (κ2) is 9.99. The van der Waals surface area contributed by atoms with Gasteiger partial charge in [-0.3, -0.25) is 4.79 Å². The Morgan fingerprint density at radius 1 is 1.26 bits per heavy atom. The van der Waals surface area contributed by atoms with E-state index >= 15 is 0 Å². The maximum Gasteiger partial charge on any atom is 0.319 e. The van der Waals surface area contributed by atoms with Crippen molar-refractivity contribution in [3.63, 3.8) is 0 Å². The highest BCUT2D eigenvalue weighted by molar-refractivity contribution is 8.01. The van der Waals surface area contributed by atoms with E-state index in [-0.39, 0.29) is 12.4 Å². The normalized spacial score (nSPS) is 16.6. The predicted molar refractivity (Wildman–Crippen MR) is 132 cm³/mol. The number of hydrogen-bond donors (Lipinski definition) is 1. The molecule has 0 bridgehead atoms. The van der Waals surface area contributed by atoms with Gasteiger partial charge in [-0.1, -0.05) is 12.5 Å². The Hall–Kier alpha value is -1.47. The summed E-state index contributed by atoms with van der Waals surface area (Å²) in [6.07, 6.45) is 3.34. The lowest BCUT2D eigenvalue weighted by Gasteiger charge is -2.29. The smallest absolute Gasteiger partial charge is 0.319 e. The first-order valence-corrected chi connectivity index (χ1v) is 12.3. The predicted octanol–water partition coefficient (Wildman–Crippen LogP) is 6.33. The number of aliphatic carboxylic acids is 1. The summed E-state index contributed by atoms with van der Waals surface area (Å²) in [5.74, 6) is 0.0930. The molecule has 168 valence electrons. The maximum absolute atomic E-state index is 11.6. The van der Waals surface area contributed by atoms with Crippen LogP contribution < -0.4 is 4.74 Å². The molecule has 0 saturated carbocycles. The van der Waals surface area contributed by atoms with Crippen molar-refractivity contribution in [2.24, 2.45) is 0 Å². The van der Waals surface area contributed by atoms with E-state index in [4.69, 9.17) is 4.74 Å². The Labute approximate surface area is 199 Å².